The zero-order chi connectivity index (χ0) is 18.9. The Bertz CT molecular complexity index is 666. The van der Waals surface area contributed by atoms with Crippen molar-refractivity contribution >= 4 is 6.09 Å². The molecule has 0 radical (unpaired) electrons. The number of carbonyl (C=O) groups excluding carboxylic acids is 1. The van der Waals surface area contributed by atoms with Crippen molar-refractivity contribution in [3.63, 3.8) is 0 Å². The molecule has 0 saturated carbocycles. The van der Waals surface area contributed by atoms with Crippen molar-refractivity contribution in [1.29, 1.82) is 0 Å². The van der Waals surface area contributed by atoms with Crippen LogP contribution in [0.15, 0.2) is 24.3 Å². The first-order valence-electron chi connectivity index (χ1n) is 10.2. The van der Waals surface area contributed by atoms with Crippen LogP contribution >= 0.6 is 0 Å². The van der Waals surface area contributed by atoms with Crippen LogP contribution in [0.1, 0.15) is 49.7 Å². The minimum Gasteiger partial charge on any atom is -0.446 e. The number of rotatable bonds is 5. The molecule has 1 aromatic carbocycles. The number of primary amides is 1. The summed E-state index contributed by atoms with van der Waals surface area (Å²) in [5.41, 5.74) is 7.48. The molecule has 0 spiro atoms. The van der Waals surface area contributed by atoms with Crippen LogP contribution < -0.4 is 5.73 Å². The molecule has 146 valence electrons. The molecule has 2 heterocycles. The molecule has 1 aromatic rings. The Balaban J connectivity index is 1.44. The molecule has 0 atom stereocenters. The number of amides is 1. The lowest BCUT2D eigenvalue weighted by molar-refractivity contribution is 0.0541. The van der Waals surface area contributed by atoms with Gasteiger partial charge in [0.2, 0.25) is 0 Å². The van der Waals surface area contributed by atoms with Crippen LogP contribution in [0.5, 0.6) is 0 Å². The van der Waals surface area contributed by atoms with Crippen LogP contribution in [-0.2, 0) is 11.3 Å². The molecule has 0 unspecified atom stereocenters. The van der Waals surface area contributed by atoms with Gasteiger partial charge in [0.05, 0.1) is 0 Å². The summed E-state index contributed by atoms with van der Waals surface area (Å²) in [5.74, 6) is 6.66. The number of hydrogen-bond acceptors (Lipinski definition) is 4. The first-order chi connectivity index (χ1) is 13.2. The van der Waals surface area contributed by atoms with E-state index in [1.807, 2.05) is 0 Å². The lowest BCUT2D eigenvalue weighted by Gasteiger charge is -2.31. The summed E-state index contributed by atoms with van der Waals surface area (Å²) in [4.78, 5) is 15.8. The predicted molar refractivity (Wildman–Crippen MR) is 107 cm³/mol. The maximum atomic E-state index is 10.8. The topological polar surface area (TPSA) is 58.8 Å². The van der Waals surface area contributed by atoms with Gasteiger partial charge in [0.25, 0.3) is 0 Å². The highest BCUT2D eigenvalue weighted by atomic mass is 16.6. The summed E-state index contributed by atoms with van der Waals surface area (Å²) in [6.07, 6.45) is 5.99. The van der Waals surface area contributed by atoms with Crippen LogP contribution in [0, 0.1) is 11.8 Å². The van der Waals surface area contributed by atoms with Gasteiger partial charge in [-0.05, 0) is 56.5 Å². The summed E-state index contributed by atoms with van der Waals surface area (Å²) in [7, 11) is 0. The van der Waals surface area contributed by atoms with Gasteiger partial charge in [-0.2, -0.15) is 0 Å². The van der Waals surface area contributed by atoms with E-state index in [0.29, 0.717) is 0 Å². The summed E-state index contributed by atoms with van der Waals surface area (Å²) in [5, 5.41) is 0. The van der Waals surface area contributed by atoms with Gasteiger partial charge in [0, 0.05) is 38.2 Å². The first kappa shape index (κ1) is 19.7. The Hall–Kier alpha value is -2.03. The van der Waals surface area contributed by atoms with E-state index in [-0.39, 0.29) is 6.10 Å². The predicted octanol–water partition coefficient (Wildman–Crippen LogP) is 2.97. The van der Waals surface area contributed by atoms with Crippen molar-refractivity contribution in [2.45, 2.75) is 51.2 Å². The lowest BCUT2D eigenvalue weighted by Crippen LogP contribution is -2.38. The number of ether oxygens (including phenoxy) is 1. The largest absolute Gasteiger partial charge is 0.446 e. The van der Waals surface area contributed by atoms with E-state index in [4.69, 9.17) is 10.5 Å². The molecule has 2 saturated heterocycles. The van der Waals surface area contributed by atoms with Gasteiger partial charge >= 0.3 is 6.09 Å². The monoisotopic (exact) mass is 369 g/mol. The fraction of sp³-hybridized carbons (Fsp3) is 0.591. The molecule has 5 heteroatoms. The van der Waals surface area contributed by atoms with Gasteiger partial charge in [0.15, 0.2) is 0 Å². The number of benzene rings is 1. The normalized spacial score (nSPS) is 19.3. The first-order valence-corrected chi connectivity index (χ1v) is 10.2. The van der Waals surface area contributed by atoms with Gasteiger partial charge in [-0.15, -0.1) is 0 Å². The number of likely N-dealkylation sites (tertiary alicyclic amines) is 2. The van der Waals surface area contributed by atoms with Crippen LogP contribution in [-0.4, -0.2) is 54.7 Å². The van der Waals surface area contributed by atoms with Gasteiger partial charge in [-0.25, -0.2) is 4.79 Å². The quantitative estimate of drug-likeness (QED) is 0.811. The molecule has 0 aromatic heterocycles. The molecule has 3 rings (SSSR count). The maximum absolute atomic E-state index is 10.8. The SMILES string of the molecule is NC(=O)OC1CCN(Cc2cccc(C#CCCN3CCCCC3)c2)CC1. The molecular weight excluding hydrogens is 338 g/mol. The standard InChI is InChI=1S/C22H31N3O2/c23-22(26)27-21-10-15-25(16-11-21)18-20-9-6-8-19(17-20)7-2-5-14-24-12-3-1-4-13-24/h6,8-9,17,21H,1,3-5,10-16,18H2,(H2,23,26). The lowest BCUT2D eigenvalue weighted by atomic mass is 10.1. The van der Waals surface area contributed by atoms with Crippen LogP contribution in [0.25, 0.3) is 0 Å². The summed E-state index contributed by atoms with van der Waals surface area (Å²) >= 11 is 0. The second-order valence-corrected chi connectivity index (χ2v) is 7.57. The van der Waals surface area contributed by atoms with E-state index >= 15 is 0 Å². The van der Waals surface area contributed by atoms with Crippen molar-refractivity contribution in [1.82, 2.24) is 9.80 Å². The van der Waals surface area contributed by atoms with Gasteiger partial charge in [-0.3, -0.25) is 4.90 Å². The highest BCUT2D eigenvalue weighted by Gasteiger charge is 2.21. The average molecular weight is 370 g/mol. The summed E-state index contributed by atoms with van der Waals surface area (Å²) in [6, 6.07) is 8.53. The molecular formula is C22H31N3O2. The molecule has 0 bridgehead atoms. The molecule has 2 fully saturated rings. The number of carbonyl (C=O) groups is 1. The molecule has 0 aliphatic carbocycles. The summed E-state index contributed by atoms with van der Waals surface area (Å²) < 4.78 is 5.10. The van der Waals surface area contributed by atoms with Crippen molar-refractivity contribution in [3.05, 3.63) is 35.4 Å². The minimum absolute atomic E-state index is 0.0316. The number of hydrogen-bond donors (Lipinski definition) is 1. The third kappa shape index (κ3) is 6.89. The molecule has 2 N–H and O–H groups in total. The Morgan fingerprint density at radius 2 is 1.89 bits per heavy atom. The number of nitrogens with zero attached hydrogens (tertiary/aromatic N) is 2. The summed E-state index contributed by atoms with van der Waals surface area (Å²) in [6.45, 7) is 6.31. The Labute approximate surface area is 162 Å². The Kier molecular flexibility index (Phi) is 7.55. The zero-order valence-corrected chi connectivity index (χ0v) is 16.2. The fourth-order valence-electron chi connectivity index (χ4n) is 3.92. The van der Waals surface area contributed by atoms with Crippen molar-refractivity contribution in [2.24, 2.45) is 5.73 Å². The minimum atomic E-state index is -0.667. The Morgan fingerprint density at radius 1 is 1.11 bits per heavy atom. The van der Waals surface area contributed by atoms with E-state index in [0.717, 1.165) is 51.0 Å². The number of piperidine rings is 2. The zero-order valence-electron chi connectivity index (χ0n) is 16.2. The van der Waals surface area contributed by atoms with Crippen LogP contribution in [0.4, 0.5) is 4.79 Å². The smallest absolute Gasteiger partial charge is 0.404 e. The second kappa shape index (κ2) is 10.3. The van der Waals surface area contributed by atoms with E-state index in [9.17, 15) is 4.79 Å². The Morgan fingerprint density at radius 3 is 2.63 bits per heavy atom. The fourth-order valence-corrected chi connectivity index (χ4v) is 3.92. The molecule has 2 aliphatic heterocycles. The van der Waals surface area contributed by atoms with E-state index in [1.165, 1.54) is 37.9 Å². The molecule has 2 aliphatic rings. The van der Waals surface area contributed by atoms with E-state index in [2.05, 4.69) is 45.9 Å². The second-order valence-electron chi connectivity index (χ2n) is 7.57. The van der Waals surface area contributed by atoms with Gasteiger partial charge in [0.1, 0.15) is 6.10 Å². The van der Waals surface area contributed by atoms with Crippen molar-refractivity contribution in [2.75, 3.05) is 32.7 Å². The van der Waals surface area contributed by atoms with Crippen molar-refractivity contribution in [3.8, 4) is 11.8 Å². The molecule has 1 amide bonds. The highest BCUT2D eigenvalue weighted by molar-refractivity contribution is 5.64. The van der Waals surface area contributed by atoms with E-state index < -0.39 is 6.09 Å². The van der Waals surface area contributed by atoms with Crippen molar-refractivity contribution < 1.29 is 9.53 Å². The highest BCUT2D eigenvalue weighted by Crippen LogP contribution is 2.17. The molecule has 27 heavy (non-hydrogen) atoms. The average Bonchev–Trinajstić information content (AvgIpc) is 2.68. The third-order valence-electron chi connectivity index (χ3n) is 5.39. The van der Waals surface area contributed by atoms with Crippen LogP contribution in [0.3, 0.4) is 0 Å². The van der Waals surface area contributed by atoms with Crippen LogP contribution in [0.2, 0.25) is 0 Å². The maximum Gasteiger partial charge on any atom is 0.404 e. The van der Waals surface area contributed by atoms with E-state index in [1.54, 1.807) is 0 Å². The number of nitrogens with two attached hydrogens (primary N) is 1. The van der Waals surface area contributed by atoms with Gasteiger partial charge in [-0.1, -0.05) is 30.4 Å². The molecule has 5 nitrogen and oxygen atoms in total. The third-order valence-corrected chi connectivity index (χ3v) is 5.39. The van der Waals surface area contributed by atoms with Gasteiger partial charge < -0.3 is 15.4 Å².